The monoisotopic (exact) mass is 839 g/mol. The molecule has 1 atom stereocenters. The first kappa shape index (κ1) is 47.6. The number of benzene rings is 3. The maximum Gasteiger partial charge on any atom is 0.235 e. The summed E-state index contributed by atoms with van der Waals surface area (Å²) < 4.78 is 24.3. The van der Waals surface area contributed by atoms with E-state index >= 15 is 0 Å². The van der Waals surface area contributed by atoms with Gasteiger partial charge >= 0.3 is 0 Å². The largest absolute Gasteiger partial charge is 0.493 e. The molecule has 2 saturated carbocycles. The minimum absolute atomic E-state index is 0.143. The third kappa shape index (κ3) is 15.7. The number of carbonyl (C=O) groups excluding carboxylic acids is 2. The van der Waals surface area contributed by atoms with E-state index in [0.717, 1.165) is 101 Å². The third-order valence-corrected chi connectivity index (χ3v) is 12.2. The summed E-state index contributed by atoms with van der Waals surface area (Å²) in [5.74, 6) is -3.27. The fraction of sp³-hybridized carbons (Fsp3) is 0.529. The number of hydrogen-bond donors (Lipinski definition) is 4. The lowest BCUT2D eigenvalue weighted by Crippen LogP contribution is -2.44. The maximum absolute atomic E-state index is 13.5. The Labute approximate surface area is 363 Å². The van der Waals surface area contributed by atoms with Crippen LogP contribution in [0.15, 0.2) is 78.9 Å². The van der Waals surface area contributed by atoms with Gasteiger partial charge in [0.1, 0.15) is 11.5 Å². The summed E-state index contributed by atoms with van der Waals surface area (Å²) in [5.41, 5.74) is 14.4. The molecule has 0 aliphatic heterocycles. The van der Waals surface area contributed by atoms with Gasteiger partial charge in [-0.25, -0.2) is 0 Å². The molecule has 0 aromatic heterocycles. The van der Waals surface area contributed by atoms with Crippen molar-refractivity contribution in [2.45, 2.75) is 134 Å². The van der Waals surface area contributed by atoms with E-state index in [0.29, 0.717) is 48.5 Å². The van der Waals surface area contributed by atoms with Crippen LogP contribution >= 0.6 is 0 Å². The molecule has 0 saturated heterocycles. The van der Waals surface area contributed by atoms with Gasteiger partial charge in [0.2, 0.25) is 11.6 Å². The van der Waals surface area contributed by atoms with Crippen molar-refractivity contribution in [3.8, 4) is 11.5 Å². The number of hydrogen-bond acceptors (Lipinski definition) is 10. The van der Waals surface area contributed by atoms with Crippen LogP contribution in [0.4, 0.5) is 11.4 Å². The van der Waals surface area contributed by atoms with Gasteiger partial charge in [0.15, 0.2) is 5.78 Å². The van der Waals surface area contributed by atoms with E-state index in [4.69, 9.17) is 30.4 Å². The fourth-order valence-electron chi connectivity index (χ4n) is 8.22. The molecular formula is C51H70N2O8. The second-order valence-electron chi connectivity index (χ2n) is 17.1. The summed E-state index contributed by atoms with van der Waals surface area (Å²) in [5, 5.41) is 22.8. The van der Waals surface area contributed by atoms with Gasteiger partial charge in [-0.3, -0.25) is 9.59 Å². The van der Waals surface area contributed by atoms with Crippen LogP contribution in [-0.2, 0) is 19.1 Å². The smallest absolute Gasteiger partial charge is 0.235 e. The molecule has 3 aromatic carbocycles. The van der Waals surface area contributed by atoms with Crippen LogP contribution in [0.25, 0.3) is 12.2 Å². The van der Waals surface area contributed by atoms with Crippen LogP contribution in [0.3, 0.4) is 0 Å². The van der Waals surface area contributed by atoms with E-state index in [1.54, 1.807) is 24.3 Å². The predicted molar refractivity (Wildman–Crippen MR) is 244 cm³/mol. The molecule has 3 aromatic rings. The number of allylic oxidation sites excluding steroid dienone is 1. The average molecular weight is 839 g/mol. The first-order valence-corrected chi connectivity index (χ1v) is 22.8. The molecular weight excluding hydrogens is 769 g/mol. The highest BCUT2D eigenvalue weighted by molar-refractivity contribution is 6.01. The lowest BCUT2D eigenvalue weighted by atomic mass is 9.82. The summed E-state index contributed by atoms with van der Waals surface area (Å²) >= 11 is 0. The van der Waals surface area contributed by atoms with Gasteiger partial charge in [0, 0.05) is 31.0 Å². The van der Waals surface area contributed by atoms with Crippen molar-refractivity contribution in [2.75, 3.05) is 37.9 Å². The van der Waals surface area contributed by atoms with Crippen LogP contribution in [0.5, 0.6) is 11.5 Å². The molecule has 2 aliphatic rings. The normalized spacial score (nSPS) is 20.2. The molecule has 332 valence electrons. The summed E-state index contributed by atoms with van der Waals surface area (Å²) in [4.78, 5) is 26.9. The van der Waals surface area contributed by atoms with Crippen molar-refractivity contribution in [2.24, 2.45) is 11.8 Å². The van der Waals surface area contributed by atoms with Gasteiger partial charge < -0.3 is 40.6 Å². The van der Waals surface area contributed by atoms with E-state index in [-0.39, 0.29) is 11.3 Å². The molecule has 2 aliphatic carbocycles. The minimum atomic E-state index is -2.95. The van der Waals surface area contributed by atoms with E-state index < -0.39 is 29.7 Å². The lowest BCUT2D eigenvalue weighted by Gasteiger charge is -2.30. The summed E-state index contributed by atoms with van der Waals surface area (Å²) in [7, 11) is 0. The minimum Gasteiger partial charge on any atom is -0.493 e. The van der Waals surface area contributed by atoms with Crippen molar-refractivity contribution in [1.29, 1.82) is 0 Å². The van der Waals surface area contributed by atoms with Crippen LogP contribution < -0.4 is 20.9 Å². The molecule has 0 amide bonds. The van der Waals surface area contributed by atoms with E-state index in [2.05, 4.69) is 13.8 Å². The molecule has 1 unspecified atom stereocenters. The standard InChI is InChI=1S/C51H70N2O8/c1-3-5-7-31-58-43-25-14-39(15-26-43)35-60-45-21-10-37(11-22-45)9-20-42(54)34-48(47-29-19-41(52)33-49(47)53)51(56,57)50(55)30-18-38-12-23-46(24-13-38)61-36-40-16-27-44(28-17-40)59-32-8-6-4-2/h9-13,18-24,29-30,33,39-40,43-44,48,56-57H,3-8,14-17,25-28,31-32,34-36,52-53H2,1-2H3. The van der Waals surface area contributed by atoms with Gasteiger partial charge in [-0.2, -0.15) is 0 Å². The fourth-order valence-corrected chi connectivity index (χ4v) is 8.22. The number of ketones is 2. The maximum atomic E-state index is 13.5. The quantitative estimate of drug-likeness (QED) is 0.0280. The Morgan fingerprint density at radius 1 is 0.672 bits per heavy atom. The summed E-state index contributed by atoms with van der Waals surface area (Å²) in [6, 6.07) is 19.3. The molecule has 10 heteroatoms. The van der Waals surface area contributed by atoms with Crippen LogP contribution in [0.1, 0.15) is 133 Å². The second kappa shape index (κ2) is 24.8. The molecule has 0 spiro atoms. The number of nitrogen functional groups attached to an aromatic ring is 2. The van der Waals surface area contributed by atoms with E-state index in [1.807, 2.05) is 36.4 Å². The van der Waals surface area contributed by atoms with Gasteiger partial charge in [0.05, 0.1) is 31.3 Å². The van der Waals surface area contributed by atoms with Gasteiger partial charge in [-0.15, -0.1) is 0 Å². The van der Waals surface area contributed by atoms with Crippen molar-refractivity contribution in [3.05, 3.63) is 95.6 Å². The van der Waals surface area contributed by atoms with Crippen LogP contribution in [0, 0.1) is 11.8 Å². The van der Waals surface area contributed by atoms with Crippen molar-refractivity contribution in [1.82, 2.24) is 0 Å². The molecule has 61 heavy (non-hydrogen) atoms. The molecule has 10 nitrogen and oxygen atoms in total. The Balaban J connectivity index is 1.11. The van der Waals surface area contributed by atoms with Crippen LogP contribution in [-0.4, -0.2) is 66.2 Å². The zero-order valence-electron chi connectivity index (χ0n) is 36.5. The SMILES string of the molecule is CCCCCOC1CCC(COc2ccc(C=CC(=O)CC(c3ccc(N)cc3N)C(O)(O)C(=O)C=Cc3ccc(OCC4CCC(OCCCCC)CC4)cc3)cc2)CC1. The zero-order valence-corrected chi connectivity index (χ0v) is 36.5. The number of nitrogens with two attached hydrogens (primary N) is 2. The van der Waals surface area contributed by atoms with Crippen LogP contribution in [0.2, 0.25) is 0 Å². The Morgan fingerprint density at radius 2 is 1.15 bits per heavy atom. The zero-order chi connectivity index (χ0) is 43.5. The van der Waals surface area contributed by atoms with Crippen molar-refractivity contribution < 1.29 is 38.7 Å². The Morgan fingerprint density at radius 3 is 1.61 bits per heavy atom. The van der Waals surface area contributed by atoms with E-state index in [9.17, 15) is 19.8 Å². The number of ether oxygens (including phenoxy) is 4. The highest BCUT2D eigenvalue weighted by Gasteiger charge is 2.43. The molecule has 0 bridgehead atoms. The lowest BCUT2D eigenvalue weighted by molar-refractivity contribution is -0.187. The Bertz CT molecular complexity index is 1820. The predicted octanol–water partition coefficient (Wildman–Crippen LogP) is 9.86. The summed E-state index contributed by atoms with van der Waals surface area (Å²) in [6.07, 6.45) is 21.7. The number of rotatable bonds is 25. The van der Waals surface area contributed by atoms with E-state index in [1.165, 1.54) is 50.0 Å². The highest BCUT2D eigenvalue weighted by atomic mass is 16.5. The molecule has 6 N–H and O–H groups in total. The molecule has 2 fully saturated rings. The third-order valence-electron chi connectivity index (χ3n) is 12.2. The Kier molecular flexibility index (Phi) is 19.4. The molecule has 0 radical (unpaired) electrons. The number of carbonyl (C=O) groups is 2. The topological polar surface area (TPSA) is 164 Å². The Hall–Kier alpha value is -4.48. The van der Waals surface area contributed by atoms with Gasteiger partial charge in [0.25, 0.3) is 0 Å². The van der Waals surface area contributed by atoms with Gasteiger partial charge in [-0.05, 0) is 141 Å². The number of unbranched alkanes of at least 4 members (excludes halogenated alkanes) is 4. The first-order valence-electron chi connectivity index (χ1n) is 22.8. The molecule has 0 heterocycles. The number of anilines is 2. The van der Waals surface area contributed by atoms with Crippen molar-refractivity contribution in [3.63, 3.8) is 0 Å². The average Bonchev–Trinajstić information content (AvgIpc) is 3.27. The second-order valence-corrected chi connectivity index (χ2v) is 17.1. The molecule has 5 rings (SSSR count). The first-order chi connectivity index (χ1) is 29.5. The number of aliphatic hydroxyl groups is 2. The summed E-state index contributed by atoms with van der Waals surface area (Å²) in [6.45, 7) is 7.40. The van der Waals surface area contributed by atoms with Crippen molar-refractivity contribution >= 4 is 35.1 Å². The highest BCUT2D eigenvalue weighted by Crippen LogP contribution is 2.36. The van der Waals surface area contributed by atoms with Gasteiger partial charge in [-0.1, -0.05) is 82.0 Å².